The third-order valence-electron chi connectivity index (χ3n) is 1.48. The Balaban J connectivity index is 2.80. The van der Waals surface area contributed by atoms with Gasteiger partial charge in [-0.15, -0.1) is 12.3 Å². The van der Waals surface area contributed by atoms with E-state index in [0.717, 1.165) is 5.56 Å². The van der Waals surface area contributed by atoms with Gasteiger partial charge in [-0.2, -0.15) is 0 Å². The van der Waals surface area contributed by atoms with Crippen LogP contribution in [0.15, 0.2) is 18.2 Å². The molecule has 0 atom stereocenters. The monoisotopic (exact) mass is 182 g/mol. The van der Waals surface area contributed by atoms with Crippen molar-refractivity contribution in [3.05, 3.63) is 34.6 Å². The van der Waals surface area contributed by atoms with Gasteiger partial charge in [0.25, 0.3) is 0 Å². The fraction of sp³-hybridized carbons (Fsp3) is 0.200. The molecule has 2 heteroatoms. The minimum Gasteiger partial charge on any atom is -0.207 e. The van der Waals surface area contributed by atoms with Crippen molar-refractivity contribution < 1.29 is 4.39 Å². The number of aryl methyl sites for hydroxylation is 1. The maximum Gasteiger partial charge on any atom is 0.124 e. The highest BCUT2D eigenvalue weighted by molar-refractivity contribution is 6.30. The summed E-state index contributed by atoms with van der Waals surface area (Å²) in [6, 6.07) is 4.45. The van der Waals surface area contributed by atoms with Crippen LogP contribution in [0.1, 0.15) is 12.0 Å². The molecule has 0 radical (unpaired) electrons. The van der Waals surface area contributed by atoms with Crippen molar-refractivity contribution in [3.63, 3.8) is 0 Å². The van der Waals surface area contributed by atoms with Crippen LogP contribution in [-0.2, 0) is 6.42 Å². The van der Waals surface area contributed by atoms with Crippen molar-refractivity contribution in [2.45, 2.75) is 12.8 Å². The van der Waals surface area contributed by atoms with Crippen LogP contribution in [-0.4, -0.2) is 0 Å². The lowest BCUT2D eigenvalue weighted by molar-refractivity contribution is 0.625. The van der Waals surface area contributed by atoms with Gasteiger partial charge in [-0.1, -0.05) is 11.6 Å². The molecule has 1 aromatic carbocycles. The van der Waals surface area contributed by atoms with E-state index in [9.17, 15) is 4.39 Å². The number of benzene rings is 1. The summed E-state index contributed by atoms with van der Waals surface area (Å²) < 4.78 is 12.7. The Morgan fingerprint density at radius 2 is 2.17 bits per heavy atom. The number of halogens is 2. The Hall–Kier alpha value is -1.00. The van der Waals surface area contributed by atoms with E-state index < -0.39 is 0 Å². The molecule has 0 amide bonds. The zero-order chi connectivity index (χ0) is 8.97. The minimum atomic E-state index is -0.311. The van der Waals surface area contributed by atoms with E-state index in [1.807, 2.05) is 0 Å². The molecule has 0 aliphatic rings. The molecule has 12 heavy (non-hydrogen) atoms. The zero-order valence-corrected chi connectivity index (χ0v) is 7.24. The highest BCUT2D eigenvalue weighted by atomic mass is 35.5. The highest BCUT2D eigenvalue weighted by Gasteiger charge is 1.97. The Bertz CT molecular complexity index is 292. The lowest BCUT2D eigenvalue weighted by atomic mass is 10.1. The molecule has 1 aromatic rings. The quantitative estimate of drug-likeness (QED) is 0.617. The highest BCUT2D eigenvalue weighted by Crippen LogP contribution is 2.14. The fourth-order valence-corrected chi connectivity index (χ4v) is 1.22. The van der Waals surface area contributed by atoms with Crippen LogP contribution in [0.2, 0.25) is 5.02 Å². The first kappa shape index (κ1) is 9.09. The van der Waals surface area contributed by atoms with Gasteiger partial charge in [0.2, 0.25) is 0 Å². The third-order valence-corrected chi connectivity index (χ3v) is 1.70. The van der Waals surface area contributed by atoms with E-state index in [2.05, 4.69) is 5.92 Å². The average molecular weight is 183 g/mol. The van der Waals surface area contributed by atoms with E-state index in [1.54, 1.807) is 6.07 Å². The minimum absolute atomic E-state index is 0.311. The van der Waals surface area contributed by atoms with E-state index in [0.29, 0.717) is 17.9 Å². The third kappa shape index (κ3) is 2.56. The molecule has 0 nitrogen and oxygen atoms in total. The van der Waals surface area contributed by atoms with Gasteiger partial charge < -0.3 is 0 Å². The molecule has 0 spiro atoms. The molecule has 0 N–H and O–H groups in total. The molecule has 0 aliphatic carbocycles. The van der Waals surface area contributed by atoms with Crippen molar-refractivity contribution in [3.8, 4) is 12.3 Å². The first-order valence-electron chi connectivity index (χ1n) is 3.61. The van der Waals surface area contributed by atoms with Crippen LogP contribution in [0.4, 0.5) is 4.39 Å². The summed E-state index contributed by atoms with van der Waals surface area (Å²) in [5.74, 6) is 2.18. The Morgan fingerprint density at radius 1 is 1.42 bits per heavy atom. The van der Waals surface area contributed by atoms with E-state index >= 15 is 0 Å². The molecule has 1 rings (SSSR count). The normalized spacial score (nSPS) is 9.42. The Morgan fingerprint density at radius 3 is 2.75 bits per heavy atom. The van der Waals surface area contributed by atoms with Crippen molar-refractivity contribution in [1.29, 1.82) is 0 Å². The summed E-state index contributed by atoms with van der Waals surface area (Å²) in [5.41, 5.74) is 0.845. The second kappa shape index (κ2) is 4.13. The van der Waals surface area contributed by atoms with E-state index in [1.165, 1.54) is 12.1 Å². The molecule has 0 heterocycles. The number of hydrogen-bond acceptors (Lipinski definition) is 0. The Labute approximate surface area is 76.4 Å². The number of terminal acetylenes is 1. The summed E-state index contributed by atoms with van der Waals surface area (Å²) >= 11 is 5.64. The number of rotatable bonds is 2. The molecular formula is C10H8ClF. The predicted molar refractivity (Wildman–Crippen MR) is 48.6 cm³/mol. The maximum atomic E-state index is 12.7. The number of hydrogen-bond donors (Lipinski definition) is 0. The van der Waals surface area contributed by atoms with E-state index in [4.69, 9.17) is 18.0 Å². The second-order valence-corrected chi connectivity index (χ2v) is 2.92. The van der Waals surface area contributed by atoms with Crippen molar-refractivity contribution in [2.75, 3.05) is 0 Å². The van der Waals surface area contributed by atoms with Gasteiger partial charge in [0, 0.05) is 11.4 Å². The summed E-state index contributed by atoms with van der Waals surface area (Å²) in [6.07, 6.45) is 6.36. The van der Waals surface area contributed by atoms with Gasteiger partial charge in [0.1, 0.15) is 5.82 Å². The van der Waals surface area contributed by atoms with Crippen LogP contribution >= 0.6 is 11.6 Å². The molecule has 0 aliphatic heterocycles. The predicted octanol–water partition coefficient (Wildman–Crippen LogP) is 3.04. The molecule has 0 unspecified atom stereocenters. The van der Waals surface area contributed by atoms with Gasteiger partial charge in [-0.05, 0) is 30.2 Å². The van der Waals surface area contributed by atoms with Gasteiger partial charge in [0.15, 0.2) is 0 Å². The molecule has 62 valence electrons. The van der Waals surface area contributed by atoms with Crippen LogP contribution in [0.3, 0.4) is 0 Å². The lowest BCUT2D eigenvalue weighted by Crippen LogP contribution is -1.85. The maximum absolute atomic E-state index is 12.7. The Kier molecular flexibility index (Phi) is 3.13. The zero-order valence-electron chi connectivity index (χ0n) is 6.48. The first-order valence-corrected chi connectivity index (χ1v) is 3.98. The van der Waals surface area contributed by atoms with Gasteiger partial charge in [-0.3, -0.25) is 0 Å². The molecule has 0 saturated heterocycles. The molecule has 0 fully saturated rings. The van der Waals surface area contributed by atoms with Crippen molar-refractivity contribution >= 4 is 11.6 Å². The van der Waals surface area contributed by atoms with Crippen LogP contribution in [0.5, 0.6) is 0 Å². The summed E-state index contributed by atoms with van der Waals surface area (Å²) in [4.78, 5) is 0. The van der Waals surface area contributed by atoms with Gasteiger partial charge in [0.05, 0.1) is 0 Å². The molecule has 0 bridgehead atoms. The largest absolute Gasteiger partial charge is 0.207 e. The SMILES string of the molecule is C#CCCc1cc(F)cc(Cl)c1. The van der Waals surface area contributed by atoms with Crippen LogP contribution < -0.4 is 0 Å². The smallest absolute Gasteiger partial charge is 0.124 e. The van der Waals surface area contributed by atoms with Crippen molar-refractivity contribution in [2.24, 2.45) is 0 Å². The summed E-state index contributed by atoms with van der Waals surface area (Å²) in [5, 5.41) is 0.419. The first-order chi connectivity index (χ1) is 5.72. The van der Waals surface area contributed by atoms with Gasteiger partial charge in [-0.25, -0.2) is 4.39 Å². The van der Waals surface area contributed by atoms with Gasteiger partial charge >= 0.3 is 0 Å². The van der Waals surface area contributed by atoms with E-state index in [-0.39, 0.29) is 5.82 Å². The second-order valence-electron chi connectivity index (χ2n) is 2.48. The van der Waals surface area contributed by atoms with Crippen LogP contribution in [0.25, 0.3) is 0 Å². The molecular weight excluding hydrogens is 175 g/mol. The topological polar surface area (TPSA) is 0 Å². The fourth-order valence-electron chi connectivity index (χ4n) is 0.972. The standard InChI is InChI=1S/C10H8ClF/c1-2-3-4-8-5-9(11)7-10(12)6-8/h1,5-7H,3-4H2. The summed E-state index contributed by atoms with van der Waals surface area (Å²) in [7, 11) is 0. The average Bonchev–Trinajstić information content (AvgIpc) is 1.99. The molecule has 0 aromatic heterocycles. The van der Waals surface area contributed by atoms with Crippen LogP contribution in [0, 0.1) is 18.2 Å². The molecule has 0 saturated carbocycles. The summed E-state index contributed by atoms with van der Waals surface area (Å²) in [6.45, 7) is 0. The van der Waals surface area contributed by atoms with Crippen molar-refractivity contribution in [1.82, 2.24) is 0 Å². The lowest BCUT2D eigenvalue weighted by Gasteiger charge is -1.98.